The summed E-state index contributed by atoms with van der Waals surface area (Å²) in [6.07, 6.45) is 9.57. The van der Waals surface area contributed by atoms with Crippen molar-refractivity contribution in [1.29, 1.82) is 0 Å². The molecular weight excluding hydrogens is 539 g/mol. The number of para-hydroxylation sites is 1. The van der Waals surface area contributed by atoms with E-state index in [0.717, 1.165) is 35.4 Å². The molecule has 2 N–H and O–H groups in total. The van der Waals surface area contributed by atoms with E-state index < -0.39 is 10.0 Å². The molecule has 0 bridgehead atoms. The van der Waals surface area contributed by atoms with Gasteiger partial charge in [-0.3, -0.25) is 9.99 Å². The number of phenols is 1. The van der Waals surface area contributed by atoms with Crippen LogP contribution in [0.3, 0.4) is 0 Å². The van der Waals surface area contributed by atoms with Gasteiger partial charge in [-0.25, -0.2) is 17.1 Å². The Morgan fingerprint density at radius 2 is 1.93 bits per heavy atom. The number of pyridine rings is 1. The minimum Gasteiger partial charge on any atom is -0.508 e. The van der Waals surface area contributed by atoms with E-state index in [1.54, 1.807) is 53.1 Å². The highest BCUT2D eigenvalue weighted by atomic mass is 32.2. The first-order valence-electron chi connectivity index (χ1n) is 13.9. The monoisotopic (exact) mass is 572 g/mol. The van der Waals surface area contributed by atoms with Crippen LogP contribution in [0.15, 0.2) is 108 Å². The van der Waals surface area contributed by atoms with Crippen molar-refractivity contribution >= 4 is 15.7 Å². The van der Waals surface area contributed by atoms with Gasteiger partial charge in [-0.1, -0.05) is 36.8 Å². The fraction of sp³-hybridized carbons (Fsp3) is 0.281. The molecule has 0 spiro atoms. The number of fused-ring (bicyclic) bond motifs is 1. The van der Waals surface area contributed by atoms with Crippen LogP contribution in [-0.4, -0.2) is 35.9 Å². The van der Waals surface area contributed by atoms with Gasteiger partial charge >= 0.3 is 0 Å². The Hall–Kier alpha value is -3.95. The molecule has 0 saturated carbocycles. The Labute approximate surface area is 240 Å². The molecule has 0 unspecified atom stereocenters. The number of hydrogen-bond acceptors (Lipinski definition) is 6. The maximum Gasteiger partial charge on any atom is 0.218 e. The molecule has 9 heteroatoms. The van der Waals surface area contributed by atoms with Crippen molar-refractivity contribution in [3.8, 4) is 5.75 Å². The van der Waals surface area contributed by atoms with E-state index in [4.69, 9.17) is 0 Å². The maximum atomic E-state index is 13.8. The predicted molar refractivity (Wildman–Crippen MR) is 157 cm³/mol. The number of phenolic OH excluding ortho intramolecular Hbond substituents is 1. The smallest absolute Gasteiger partial charge is 0.218 e. The number of benzene rings is 2. The molecule has 0 amide bonds. The Bertz CT molecular complexity index is 1630. The van der Waals surface area contributed by atoms with Gasteiger partial charge in [0.05, 0.1) is 17.1 Å². The average molecular weight is 573 g/mol. The van der Waals surface area contributed by atoms with Gasteiger partial charge in [0.15, 0.2) is 0 Å². The number of aromatic nitrogens is 1. The molecule has 0 fully saturated rings. The van der Waals surface area contributed by atoms with Crippen molar-refractivity contribution in [2.75, 3.05) is 18.1 Å². The fourth-order valence-electron chi connectivity index (χ4n) is 6.25. The van der Waals surface area contributed by atoms with Crippen LogP contribution >= 0.6 is 0 Å². The van der Waals surface area contributed by atoms with Crippen molar-refractivity contribution in [3.63, 3.8) is 0 Å². The predicted octanol–water partition coefficient (Wildman–Crippen LogP) is 5.45. The summed E-state index contributed by atoms with van der Waals surface area (Å²) in [6, 6.07) is 17.0. The number of allylic oxidation sites excluding steroid dienone is 3. The first kappa shape index (κ1) is 27.2. The summed E-state index contributed by atoms with van der Waals surface area (Å²) in [5.74, 6) is -0.0426. The zero-order chi connectivity index (χ0) is 28.6. The lowest BCUT2D eigenvalue weighted by Gasteiger charge is -2.32. The number of hydrogen-bond donors (Lipinski definition) is 2. The van der Waals surface area contributed by atoms with Crippen molar-refractivity contribution in [2.45, 2.75) is 31.9 Å². The largest absolute Gasteiger partial charge is 0.508 e. The maximum absolute atomic E-state index is 13.8. The zero-order valence-corrected chi connectivity index (χ0v) is 23.7. The number of anilines is 1. The third kappa shape index (κ3) is 5.52. The normalized spacial score (nSPS) is 20.0. The summed E-state index contributed by atoms with van der Waals surface area (Å²) in [7, 11) is -3.66. The van der Waals surface area contributed by atoms with Gasteiger partial charge in [-0.2, -0.15) is 0 Å². The van der Waals surface area contributed by atoms with Crippen LogP contribution < -0.4 is 10.4 Å². The fourth-order valence-corrected chi connectivity index (χ4v) is 7.80. The summed E-state index contributed by atoms with van der Waals surface area (Å²) in [6.45, 7) is 2.83. The van der Waals surface area contributed by atoms with E-state index in [2.05, 4.69) is 23.4 Å². The average Bonchev–Trinajstić information content (AvgIpc) is 3.57. The lowest BCUT2D eigenvalue weighted by Crippen LogP contribution is -2.38. The molecule has 2 heterocycles. The Balaban J connectivity index is 1.27. The SMILES string of the molecule is C[C@H]1C2=CNN(c3ccc(F)cc3)C2=CC2=C1[C@@H](CN(CCc1ccccc1O)S(=O)(=O)Cc1cccnc1)CC2. The Morgan fingerprint density at radius 3 is 2.68 bits per heavy atom. The molecule has 2 atom stereocenters. The van der Waals surface area contributed by atoms with Gasteiger partial charge < -0.3 is 10.5 Å². The van der Waals surface area contributed by atoms with E-state index in [0.29, 0.717) is 18.5 Å². The molecule has 1 aromatic heterocycles. The number of sulfonamides is 1. The third-order valence-corrected chi connectivity index (χ3v) is 10.1. The highest BCUT2D eigenvalue weighted by Crippen LogP contribution is 2.48. The summed E-state index contributed by atoms with van der Waals surface area (Å²) in [5.41, 5.74) is 10.3. The standard InChI is InChI=1S/C32H33FN4O3S/c1-22-29-19-35-37(28-12-10-27(33)11-13-28)30(29)17-25-8-9-26(32(22)25)20-36(16-14-24-6-2-3-7-31(24)38)41(39,40)21-23-5-4-15-34-18-23/h2-7,10-13,15,17-19,22,26,35,38H,8-9,14,16,20-21H2,1H3/t22-,26+/m0/s1. The lowest BCUT2D eigenvalue weighted by molar-refractivity contribution is 0.355. The lowest BCUT2D eigenvalue weighted by atomic mass is 9.80. The van der Waals surface area contributed by atoms with E-state index in [1.807, 2.05) is 23.3 Å². The molecule has 2 aromatic carbocycles. The molecule has 3 aliphatic rings. The Morgan fingerprint density at radius 1 is 1.12 bits per heavy atom. The van der Waals surface area contributed by atoms with Crippen LogP contribution in [0.25, 0.3) is 0 Å². The number of nitrogens with zero attached hydrogens (tertiary/aromatic N) is 3. The summed E-state index contributed by atoms with van der Waals surface area (Å²) >= 11 is 0. The summed E-state index contributed by atoms with van der Waals surface area (Å²) in [4.78, 5) is 4.10. The molecule has 6 rings (SSSR count). The molecule has 212 valence electrons. The van der Waals surface area contributed by atoms with Crippen LogP contribution in [0.4, 0.5) is 10.1 Å². The van der Waals surface area contributed by atoms with E-state index in [9.17, 15) is 17.9 Å². The van der Waals surface area contributed by atoms with Crippen molar-refractivity contribution in [2.24, 2.45) is 11.8 Å². The number of nitrogens with one attached hydrogen (secondary N) is 1. The second-order valence-electron chi connectivity index (χ2n) is 10.9. The Kier molecular flexibility index (Phi) is 7.40. The van der Waals surface area contributed by atoms with Crippen molar-refractivity contribution in [3.05, 3.63) is 125 Å². The van der Waals surface area contributed by atoms with E-state index in [1.165, 1.54) is 23.3 Å². The molecular formula is C32H33FN4O3S. The van der Waals surface area contributed by atoms with Crippen molar-refractivity contribution in [1.82, 2.24) is 14.7 Å². The molecule has 1 aliphatic heterocycles. The van der Waals surface area contributed by atoms with Crippen LogP contribution in [-0.2, 0) is 22.2 Å². The van der Waals surface area contributed by atoms with Crippen LogP contribution in [0, 0.1) is 17.7 Å². The number of rotatable bonds is 9. The highest BCUT2D eigenvalue weighted by Gasteiger charge is 2.39. The minimum absolute atomic E-state index is 0.0756. The first-order valence-corrected chi connectivity index (χ1v) is 15.5. The summed E-state index contributed by atoms with van der Waals surface area (Å²) in [5, 5.41) is 12.3. The second-order valence-corrected chi connectivity index (χ2v) is 12.8. The number of halogens is 1. The highest BCUT2D eigenvalue weighted by molar-refractivity contribution is 7.88. The van der Waals surface area contributed by atoms with Crippen LogP contribution in [0.2, 0.25) is 0 Å². The molecule has 3 aromatic rings. The van der Waals surface area contributed by atoms with Crippen molar-refractivity contribution < 1.29 is 17.9 Å². The number of aromatic hydroxyl groups is 1. The van der Waals surface area contributed by atoms with Gasteiger partial charge in [0, 0.05) is 43.2 Å². The quantitative estimate of drug-likeness (QED) is 0.355. The number of hydrazine groups is 1. The molecule has 41 heavy (non-hydrogen) atoms. The second kappa shape index (κ2) is 11.1. The molecule has 2 aliphatic carbocycles. The van der Waals surface area contributed by atoms with Gasteiger partial charge in [0.2, 0.25) is 10.0 Å². The van der Waals surface area contributed by atoms with Gasteiger partial charge in [0.25, 0.3) is 0 Å². The van der Waals surface area contributed by atoms with E-state index >= 15 is 0 Å². The molecule has 0 saturated heterocycles. The van der Waals surface area contributed by atoms with E-state index in [-0.39, 0.29) is 35.7 Å². The minimum atomic E-state index is -3.66. The van der Waals surface area contributed by atoms with Crippen LogP contribution in [0.5, 0.6) is 5.75 Å². The summed E-state index contributed by atoms with van der Waals surface area (Å²) < 4.78 is 42.7. The zero-order valence-electron chi connectivity index (χ0n) is 22.9. The van der Waals surface area contributed by atoms with Crippen LogP contribution in [0.1, 0.15) is 30.9 Å². The molecule has 7 nitrogen and oxygen atoms in total. The van der Waals surface area contributed by atoms with Gasteiger partial charge in [-0.15, -0.1) is 0 Å². The molecule has 0 radical (unpaired) electrons. The van der Waals surface area contributed by atoms with Gasteiger partial charge in [-0.05, 0) is 84.4 Å². The van der Waals surface area contributed by atoms with Gasteiger partial charge in [0.1, 0.15) is 11.6 Å². The third-order valence-electron chi connectivity index (χ3n) is 8.30. The first-order chi connectivity index (χ1) is 19.8. The topological polar surface area (TPSA) is 85.8 Å².